The van der Waals surface area contributed by atoms with Crippen LogP contribution in [0.4, 0.5) is 0 Å². The summed E-state index contributed by atoms with van der Waals surface area (Å²) in [6.45, 7) is 0. The Hall–Kier alpha value is -1.57. The molecule has 0 bridgehead atoms. The van der Waals surface area contributed by atoms with Gasteiger partial charge in [0.25, 0.3) is 0 Å². The van der Waals surface area contributed by atoms with Crippen molar-refractivity contribution in [2.24, 2.45) is 7.05 Å². The minimum Gasteiger partial charge on any atom is -0.343 e. The molecule has 0 N–H and O–H groups in total. The van der Waals surface area contributed by atoms with Crippen LogP contribution >= 0.6 is 27.5 Å². The fourth-order valence-corrected chi connectivity index (χ4v) is 2.70. The maximum Gasteiger partial charge on any atom is 0.210 e. The molecule has 0 unspecified atom stereocenters. The van der Waals surface area contributed by atoms with E-state index in [9.17, 15) is 4.79 Å². The van der Waals surface area contributed by atoms with Crippen molar-refractivity contribution in [2.75, 3.05) is 0 Å². The fourth-order valence-electron chi connectivity index (χ4n) is 1.86. The smallest absolute Gasteiger partial charge is 0.210 e. The van der Waals surface area contributed by atoms with Crippen molar-refractivity contribution >= 4 is 33.3 Å². The van der Waals surface area contributed by atoms with E-state index in [-0.39, 0.29) is 12.2 Å². The number of benzene rings is 1. The SMILES string of the molecule is Cn1c(CC#N)cc(Br)c1C(=O)c1ccc(Cl)cc1. The quantitative estimate of drug-likeness (QED) is 0.801. The van der Waals surface area contributed by atoms with Gasteiger partial charge in [-0.15, -0.1) is 0 Å². The Balaban J connectivity index is 2.45. The zero-order chi connectivity index (χ0) is 14.0. The minimum atomic E-state index is -0.102. The molecule has 0 saturated carbocycles. The van der Waals surface area contributed by atoms with Crippen LogP contribution in [0.25, 0.3) is 0 Å². The molecule has 0 fully saturated rings. The number of hydrogen-bond donors (Lipinski definition) is 0. The number of hydrogen-bond acceptors (Lipinski definition) is 2. The minimum absolute atomic E-state index is 0.102. The predicted octanol–water partition coefficient (Wildman–Crippen LogP) is 3.74. The molecule has 0 aliphatic rings. The maximum absolute atomic E-state index is 12.4. The largest absolute Gasteiger partial charge is 0.343 e. The number of aromatic nitrogens is 1. The Morgan fingerprint density at radius 2 is 2.05 bits per heavy atom. The fraction of sp³-hybridized carbons (Fsp3) is 0.143. The van der Waals surface area contributed by atoms with Crippen LogP contribution in [0.2, 0.25) is 5.02 Å². The Kier molecular flexibility index (Phi) is 4.08. The van der Waals surface area contributed by atoms with Crippen LogP contribution in [-0.2, 0) is 13.5 Å². The molecule has 1 aromatic heterocycles. The summed E-state index contributed by atoms with van der Waals surface area (Å²) < 4.78 is 2.43. The van der Waals surface area contributed by atoms with Crippen molar-refractivity contribution in [2.45, 2.75) is 6.42 Å². The second-order valence-electron chi connectivity index (χ2n) is 4.06. The summed E-state index contributed by atoms with van der Waals surface area (Å²) in [7, 11) is 1.78. The molecular formula is C14H10BrClN2O. The van der Waals surface area contributed by atoms with E-state index in [1.807, 2.05) is 0 Å². The highest BCUT2D eigenvalue weighted by molar-refractivity contribution is 9.10. The van der Waals surface area contributed by atoms with Gasteiger partial charge in [0.15, 0.2) is 0 Å². The van der Waals surface area contributed by atoms with Crippen molar-refractivity contribution in [3.8, 4) is 6.07 Å². The lowest BCUT2D eigenvalue weighted by Crippen LogP contribution is -2.09. The molecular weight excluding hydrogens is 328 g/mol. The molecule has 2 rings (SSSR count). The normalized spacial score (nSPS) is 10.2. The Morgan fingerprint density at radius 1 is 1.42 bits per heavy atom. The van der Waals surface area contributed by atoms with Gasteiger partial charge in [0.05, 0.1) is 12.5 Å². The van der Waals surface area contributed by atoms with E-state index in [1.54, 1.807) is 41.9 Å². The average Bonchev–Trinajstić information content (AvgIpc) is 2.65. The van der Waals surface area contributed by atoms with Gasteiger partial charge in [-0.1, -0.05) is 11.6 Å². The number of nitriles is 1. The molecule has 19 heavy (non-hydrogen) atoms. The highest BCUT2D eigenvalue weighted by atomic mass is 79.9. The summed E-state index contributed by atoms with van der Waals surface area (Å²) in [5.41, 5.74) is 1.90. The first-order valence-corrected chi connectivity index (χ1v) is 6.73. The van der Waals surface area contributed by atoms with Crippen molar-refractivity contribution in [1.29, 1.82) is 5.26 Å². The van der Waals surface area contributed by atoms with Crippen LogP contribution in [0.1, 0.15) is 21.7 Å². The first-order chi connectivity index (χ1) is 9.04. The van der Waals surface area contributed by atoms with Gasteiger partial charge in [-0.3, -0.25) is 4.79 Å². The van der Waals surface area contributed by atoms with Gasteiger partial charge in [-0.2, -0.15) is 5.26 Å². The number of carbonyl (C=O) groups excluding carboxylic acids is 1. The molecule has 96 valence electrons. The molecule has 1 heterocycles. The van der Waals surface area contributed by atoms with Crippen LogP contribution in [0.3, 0.4) is 0 Å². The molecule has 2 aromatic rings. The molecule has 0 aliphatic carbocycles. The summed E-state index contributed by atoms with van der Waals surface area (Å²) in [5.74, 6) is -0.102. The molecule has 0 amide bonds. The number of halogens is 2. The molecule has 0 saturated heterocycles. The summed E-state index contributed by atoms with van der Waals surface area (Å²) in [6, 6.07) is 10.6. The lowest BCUT2D eigenvalue weighted by atomic mass is 10.1. The highest BCUT2D eigenvalue weighted by Crippen LogP contribution is 2.24. The van der Waals surface area contributed by atoms with Crippen LogP contribution < -0.4 is 0 Å². The van der Waals surface area contributed by atoms with Gasteiger partial charge >= 0.3 is 0 Å². The third-order valence-corrected chi connectivity index (χ3v) is 3.72. The van der Waals surface area contributed by atoms with Crippen LogP contribution in [0, 0.1) is 11.3 Å². The van der Waals surface area contributed by atoms with Gasteiger partial charge in [-0.05, 0) is 46.3 Å². The lowest BCUT2D eigenvalue weighted by molar-refractivity contribution is 0.103. The van der Waals surface area contributed by atoms with Crippen molar-refractivity contribution in [1.82, 2.24) is 4.57 Å². The zero-order valence-electron chi connectivity index (χ0n) is 10.2. The number of ketones is 1. The van der Waals surface area contributed by atoms with Crippen molar-refractivity contribution in [3.63, 3.8) is 0 Å². The Bertz CT molecular complexity index is 668. The van der Waals surface area contributed by atoms with E-state index in [2.05, 4.69) is 22.0 Å². The summed E-state index contributed by atoms with van der Waals surface area (Å²) >= 11 is 9.18. The van der Waals surface area contributed by atoms with E-state index >= 15 is 0 Å². The standard InChI is InChI=1S/C14H10BrClN2O/c1-18-11(6-7-17)8-12(15)13(18)14(19)9-2-4-10(16)5-3-9/h2-5,8H,6H2,1H3. The molecule has 5 heteroatoms. The molecule has 0 aliphatic heterocycles. The van der Waals surface area contributed by atoms with Crippen LogP contribution in [0.15, 0.2) is 34.8 Å². The van der Waals surface area contributed by atoms with Crippen LogP contribution in [0.5, 0.6) is 0 Å². The zero-order valence-corrected chi connectivity index (χ0v) is 12.5. The van der Waals surface area contributed by atoms with E-state index in [4.69, 9.17) is 16.9 Å². The van der Waals surface area contributed by atoms with Crippen molar-refractivity contribution < 1.29 is 4.79 Å². The van der Waals surface area contributed by atoms with E-state index in [0.717, 1.165) is 5.69 Å². The molecule has 0 atom stereocenters. The average molecular weight is 338 g/mol. The first-order valence-electron chi connectivity index (χ1n) is 5.56. The monoisotopic (exact) mass is 336 g/mol. The topological polar surface area (TPSA) is 45.8 Å². The Labute approximate surface area is 124 Å². The summed E-state index contributed by atoms with van der Waals surface area (Å²) in [4.78, 5) is 12.4. The predicted molar refractivity (Wildman–Crippen MR) is 77.3 cm³/mol. The van der Waals surface area contributed by atoms with Crippen molar-refractivity contribution in [3.05, 3.63) is 56.8 Å². The number of nitrogens with zero attached hydrogens (tertiary/aromatic N) is 2. The van der Waals surface area contributed by atoms with Gasteiger partial charge in [0.1, 0.15) is 5.69 Å². The summed E-state index contributed by atoms with van der Waals surface area (Å²) in [5, 5.41) is 9.34. The third kappa shape index (κ3) is 2.73. The lowest BCUT2D eigenvalue weighted by Gasteiger charge is -2.06. The van der Waals surface area contributed by atoms with Crippen LogP contribution in [-0.4, -0.2) is 10.4 Å². The van der Waals surface area contributed by atoms with E-state index in [0.29, 0.717) is 20.8 Å². The van der Waals surface area contributed by atoms with Gasteiger partial charge in [0.2, 0.25) is 5.78 Å². The number of carbonyl (C=O) groups is 1. The van der Waals surface area contributed by atoms with E-state index in [1.165, 1.54) is 0 Å². The number of rotatable bonds is 3. The molecule has 0 spiro atoms. The Morgan fingerprint density at radius 3 is 2.63 bits per heavy atom. The molecule has 1 aromatic carbocycles. The first kappa shape index (κ1) is 13.9. The summed E-state index contributed by atoms with van der Waals surface area (Å²) in [6.07, 6.45) is 0.267. The van der Waals surface area contributed by atoms with E-state index < -0.39 is 0 Å². The van der Waals surface area contributed by atoms with Gasteiger partial charge in [0, 0.05) is 27.8 Å². The molecule has 0 radical (unpaired) electrons. The molecule has 3 nitrogen and oxygen atoms in total. The third-order valence-electron chi connectivity index (χ3n) is 2.87. The highest BCUT2D eigenvalue weighted by Gasteiger charge is 2.19. The van der Waals surface area contributed by atoms with Gasteiger partial charge in [-0.25, -0.2) is 0 Å². The maximum atomic E-state index is 12.4. The second kappa shape index (κ2) is 5.60. The second-order valence-corrected chi connectivity index (χ2v) is 5.35. The van der Waals surface area contributed by atoms with Gasteiger partial charge < -0.3 is 4.57 Å².